The van der Waals surface area contributed by atoms with Crippen LogP contribution in [0.1, 0.15) is 12.0 Å². The summed E-state index contributed by atoms with van der Waals surface area (Å²) in [6.07, 6.45) is 1.68. The Bertz CT molecular complexity index is 405. The summed E-state index contributed by atoms with van der Waals surface area (Å²) < 4.78 is 24.0. The Labute approximate surface area is 102 Å². The molecule has 0 aromatic heterocycles. The van der Waals surface area contributed by atoms with Crippen molar-refractivity contribution in [2.24, 2.45) is 0 Å². The van der Waals surface area contributed by atoms with Crippen molar-refractivity contribution < 1.29 is 8.42 Å². The molecular weight excluding hydrogens is 246 g/mol. The molecule has 0 unspecified atom stereocenters. The minimum absolute atomic E-state index is 0.352. The van der Waals surface area contributed by atoms with Crippen LogP contribution in [0.2, 0.25) is 0 Å². The Kier molecular flexibility index (Phi) is 5.25. The molecule has 0 fully saturated rings. The quantitative estimate of drug-likeness (QED) is 0.736. The number of alkyl halides is 1. The molecule has 0 bridgehead atoms. The van der Waals surface area contributed by atoms with E-state index in [1.165, 1.54) is 9.87 Å². The third kappa shape index (κ3) is 4.12. The second kappa shape index (κ2) is 6.23. The zero-order valence-corrected chi connectivity index (χ0v) is 10.8. The number of rotatable bonds is 6. The standard InChI is InChI=1S/C11H16ClNO2S/c1-13(16(14,15)10-12)9-5-8-11-6-3-2-4-7-11/h2-4,6-7H,5,8-10H2,1H3. The Hall–Kier alpha value is -0.580. The molecule has 0 aliphatic rings. The SMILES string of the molecule is CN(CCCc1ccccc1)S(=O)(=O)CCl. The largest absolute Gasteiger partial charge is 0.227 e. The van der Waals surface area contributed by atoms with Gasteiger partial charge in [0.05, 0.1) is 0 Å². The van der Waals surface area contributed by atoms with Crippen molar-refractivity contribution in [3.05, 3.63) is 35.9 Å². The first-order valence-electron chi connectivity index (χ1n) is 5.10. The molecule has 0 saturated carbocycles. The molecule has 0 N–H and O–H groups in total. The van der Waals surface area contributed by atoms with Gasteiger partial charge in [-0.05, 0) is 18.4 Å². The first kappa shape index (κ1) is 13.5. The molecule has 16 heavy (non-hydrogen) atoms. The number of benzene rings is 1. The van der Waals surface area contributed by atoms with Gasteiger partial charge in [0.2, 0.25) is 10.0 Å². The molecule has 90 valence electrons. The smallest absolute Gasteiger partial charge is 0.211 e. The van der Waals surface area contributed by atoms with Crippen LogP contribution in [0.3, 0.4) is 0 Å². The maximum absolute atomic E-state index is 11.3. The number of hydrogen-bond donors (Lipinski definition) is 0. The van der Waals surface area contributed by atoms with Crippen LogP contribution in [0.4, 0.5) is 0 Å². The summed E-state index contributed by atoms with van der Waals surface area (Å²) in [4.78, 5) is 0. The molecule has 1 aromatic carbocycles. The predicted molar refractivity (Wildman–Crippen MR) is 67.0 cm³/mol. The molecular formula is C11H16ClNO2S. The van der Waals surface area contributed by atoms with Crippen LogP contribution in [0.25, 0.3) is 0 Å². The number of halogens is 1. The van der Waals surface area contributed by atoms with Gasteiger partial charge in [-0.1, -0.05) is 30.3 Å². The second-order valence-corrected chi connectivity index (χ2v) is 6.29. The van der Waals surface area contributed by atoms with E-state index in [2.05, 4.69) is 0 Å². The Morgan fingerprint density at radius 3 is 2.44 bits per heavy atom. The Morgan fingerprint density at radius 2 is 1.88 bits per heavy atom. The second-order valence-electron chi connectivity index (χ2n) is 3.63. The molecule has 0 aliphatic carbocycles. The van der Waals surface area contributed by atoms with E-state index in [0.717, 1.165) is 12.8 Å². The highest BCUT2D eigenvalue weighted by Gasteiger charge is 2.14. The summed E-state index contributed by atoms with van der Waals surface area (Å²) in [6, 6.07) is 10.0. The summed E-state index contributed by atoms with van der Waals surface area (Å²) >= 11 is 5.35. The maximum atomic E-state index is 11.3. The van der Waals surface area contributed by atoms with E-state index in [1.54, 1.807) is 7.05 Å². The van der Waals surface area contributed by atoms with Crippen LogP contribution >= 0.6 is 11.6 Å². The van der Waals surface area contributed by atoms with Crippen molar-refractivity contribution in [2.45, 2.75) is 12.8 Å². The molecule has 1 rings (SSSR count). The number of hydrogen-bond acceptors (Lipinski definition) is 2. The van der Waals surface area contributed by atoms with Gasteiger partial charge in [-0.25, -0.2) is 12.7 Å². The molecule has 3 nitrogen and oxygen atoms in total. The van der Waals surface area contributed by atoms with Gasteiger partial charge in [-0.2, -0.15) is 0 Å². The summed E-state index contributed by atoms with van der Waals surface area (Å²) in [7, 11) is -1.70. The van der Waals surface area contributed by atoms with E-state index in [4.69, 9.17) is 11.6 Å². The fraction of sp³-hybridized carbons (Fsp3) is 0.455. The first-order chi connectivity index (χ1) is 7.56. The van der Waals surface area contributed by atoms with Crippen molar-refractivity contribution in [3.8, 4) is 0 Å². The lowest BCUT2D eigenvalue weighted by molar-refractivity contribution is 0.465. The van der Waals surface area contributed by atoms with E-state index < -0.39 is 10.0 Å². The molecule has 0 spiro atoms. The average Bonchev–Trinajstić information content (AvgIpc) is 2.30. The van der Waals surface area contributed by atoms with Crippen molar-refractivity contribution in [3.63, 3.8) is 0 Å². The molecule has 0 heterocycles. The third-order valence-electron chi connectivity index (χ3n) is 2.39. The summed E-state index contributed by atoms with van der Waals surface area (Å²) in [5.74, 6) is 0. The highest BCUT2D eigenvalue weighted by molar-refractivity contribution is 7.90. The summed E-state index contributed by atoms with van der Waals surface area (Å²) in [5.41, 5.74) is 1.22. The van der Waals surface area contributed by atoms with Crippen LogP contribution in [0.15, 0.2) is 30.3 Å². The Morgan fingerprint density at radius 1 is 1.25 bits per heavy atom. The van der Waals surface area contributed by atoms with E-state index in [0.29, 0.717) is 6.54 Å². The van der Waals surface area contributed by atoms with Crippen LogP contribution in [-0.2, 0) is 16.4 Å². The van der Waals surface area contributed by atoms with Crippen molar-refractivity contribution in [1.82, 2.24) is 4.31 Å². The lowest BCUT2D eigenvalue weighted by atomic mass is 10.1. The highest BCUT2D eigenvalue weighted by atomic mass is 35.5. The van der Waals surface area contributed by atoms with Crippen LogP contribution in [-0.4, -0.2) is 31.5 Å². The molecule has 0 radical (unpaired) electrons. The van der Waals surface area contributed by atoms with E-state index in [9.17, 15) is 8.42 Å². The predicted octanol–water partition coefficient (Wildman–Crippen LogP) is 2.08. The zero-order chi connectivity index (χ0) is 12.0. The van der Waals surface area contributed by atoms with Gasteiger partial charge >= 0.3 is 0 Å². The number of sulfonamides is 1. The van der Waals surface area contributed by atoms with Crippen LogP contribution in [0.5, 0.6) is 0 Å². The fourth-order valence-corrected chi connectivity index (χ4v) is 2.45. The van der Waals surface area contributed by atoms with Gasteiger partial charge in [-0.15, -0.1) is 11.6 Å². The Balaban J connectivity index is 2.37. The average molecular weight is 262 g/mol. The van der Waals surface area contributed by atoms with Gasteiger partial charge in [0, 0.05) is 13.6 Å². The lowest BCUT2D eigenvalue weighted by Crippen LogP contribution is -2.28. The van der Waals surface area contributed by atoms with Crippen LogP contribution in [0, 0.1) is 0 Å². The van der Waals surface area contributed by atoms with Crippen LogP contribution < -0.4 is 0 Å². The third-order valence-corrected chi connectivity index (χ3v) is 4.63. The van der Waals surface area contributed by atoms with Gasteiger partial charge in [0.25, 0.3) is 0 Å². The van der Waals surface area contributed by atoms with E-state index in [1.807, 2.05) is 30.3 Å². The molecule has 1 aromatic rings. The minimum Gasteiger partial charge on any atom is -0.211 e. The van der Waals surface area contributed by atoms with Crippen molar-refractivity contribution >= 4 is 21.6 Å². The minimum atomic E-state index is -3.25. The normalized spacial score (nSPS) is 11.9. The van der Waals surface area contributed by atoms with Gasteiger partial charge < -0.3 is 0 Å². The monoisotopic (exact) mass is 261 g/mol. The zero-order valence-electron chi connectivity index (χ0n) is 9.27. The maximum Gasteiger partial charge on any atom is 0.227 e. The van der Waals surface area contributed by atoms with Crippen molar-refractivity contribution in [1.29, 1.82) is 0 Å². The number of aryl methyl sites for hydroxylation is 1. The van der Waals surface area contributed by atoms with Crippen molar-refractivity contribution in [2.75, 3.05) is 18.8 Å². The highest BCUT2D eigenvalue weighted by Crippen LogP contribution is 2.06. The van der Waals surface area contributed by atoms with E-state index in [-0.39, 0.29) is 5.21 Å². The summed E-state index contributed by atoms with van der Waals surface area (Å²) in [6.45, 7) is 0.504. The molecule has 0 amide bonds. The van der Waals surface area contributed by atoms with Gasteiger partial charge in [0.15, 0.2) is 0 Å². The topological polar surface area (TPSA) is 37.4 Å². The van der Waals surface area contributed by atoms with Gasteiger partial charge in [0.1, 0.15) is 5.21 Å². The molecule has 0 aliphatic heterocycles. The molecule has 0 saturated heterocycles. The molecule has 0 atom stereocenters. The summed E-state index contributed by atoms with van der Waals surface area (Å²) in [5, 5.41) is -0.352. The first-order valence-corrected chi connectivity index (χ1v) is 7.24. The van der Waals surface area contributed by atoms with E-state index >= 15 is 0 Å². The molecule has 5 heteroatoms. The number of nitrogens with zero attached hydrogens (tertiary/aromatic N) is 1. The fourth-order valence-electron chi connectivity index (χ4n) is 1.37. The van der Waals surface area contributed by atoms with Gasteiger partial charge in [-0.3, -0.25) is 0 Å². The lowest BCUT2D eigenvalue weighted by Gasteiger charge is -2.14.